The standard InChI is InChI=1S/C11H16O4/c1-5-4-7-6(10(5)13)2-3-8(12)9(7)11(14)15/h5-7,9-10,13H,2-4H2,1H3,(H,14,15)/t5-,6?,7?,9?,10-/m0/s1. The average molecular weight is 212 g/mol. The smallest absolute Gasteiger partial charge is 0.314 e. The Kier molecular flexibility index (Phi) is 2.54. The predicted octanol–water partition coefficient (Wildman–Crippen LogP) is 0.683. The second-order valence-electron chi connectivity index (χ2n) is 4.85. The van der Waals surface area contributed by atoms with E-state index in [-0.39, 0.29) is 23.5 Å². The Morgan fingerprint density at radius 1 is 1.40 bits per heavy atom. The van der Waals surface area contributed by atoms with Gasteiger partial charge in [0, 0.05) is 6.42 Å². The highest BCUT2D eigenvalue weighted by Crippen LogP contribution is 2.46. The van der Waals surface area contributed by atoms with Crippen LogP contribution in [-0.2, 0) is 9.59 Å². The van der Waals surface area contributed by atoms with Gasteiger partial charge in [0.05, 0.1) is 6.10 Å². The van der Waals surface area contributed by atoms with Crippen molar-refractivity contribution in [1.82, 2.24) is 0 Å². The lowest BCUT2D eigenvalue weighted by Gasteiger charge is -2.31. The first-order chi connectivity index (χ1) is 7.02. The van der Waals surface area contributed by atoms with Gasteiger partial charge in [0.15, 0.2) is 0 Å². The summed E-state index contributed by atoms with van der Waals surface area (Å²) in [6, 6.07) is 0. The molecule has 84 valence electrons. The van der Waals surface area contributed by atoms with Gasteiger partial charge in [0.25, 0.3) is 0 Å². The van der Waals surface area contributed by atoms with Crippen LogP contribution in [-0.4, -0.2) is 28.1 Å². The molecule has 0 radical (unpaired) electrons. The number of aliphatic hydroxyl groups excluding tert-OH is 1. The lowest BCUT2D eigenvalue weighted by atomic mass is 9.72. The average Bonchev–Trinajstić information content (AvgIpc) is 2.42. The van der Waals surface area contributed by atoms with Crippen LogP contribution in [0.1, 0.15) is 26.2 Å². The normalized spacial score (nSPS) is 45.2. The molecule has 0 saturated heterocycles. The van der Waals surface area contributed by atoms with Crippen molar-refractivity contribution in [2.75, 3.05) is 0 Å². The van der Waals surface area contributed by atoms with Crippen LogP contribution in [0.3, 0.4) is 0 Å². The molecule has 2 rings (SSSR count). The summed E-state index contributed by atoms with van der Waals surface area (Å²) >= 11 is 0. The maximum absolute atomic E-state index is 11.5. The molecular formula is C11H16O4. The van der Waals surface area contributed by atoms with E-state index in [1.807, 2.05) is 6.92 Å². The molecule has 2 saturated carbocycles. The van der Waals surface area contributed by atoms with E-state index in [0.29, 0.717) is 19.3 Å². The number of hydrogen-bond donors (Lipinski definition) is 2. The molecule has 2 aliphatic carbocycles. The molecule has 0 amide bonds. The van der Waals surface area contributed by atoms with Gasteiger partial charge >= 0.3 is 5.97 Å². The number of fused-ring (bicyclic) bond motifs is 1. The maximum Gasteiger partial charge on any atom is 0.314 e. The van der Waals surface area contributed by atoms with Gasteiger partial charge in [-0.2, -0.15) is 0 Å². The summed E-state index contributed by atoms with van der Waals surface area (Å²) in [6.45, 7) is 1.92. The van der Waals surface area contributed by atoms with Gasteiger partial charge in [0.1, 0.15) is 11.7 Å². The second-order valence-corrected chi connectivity index (χ2v) is 4.85. The largest absolute Gasteiger partial charge is 0.481 e. The van der Waals surface area contributed by atoms with Crippen molar-refractivity contribution in [3.05, 3.63) is 0 Å². The highest BCUT2D eigenvalue weighted by Gasteiger charge is 2.50. The molecule has 2 aliphatic rings. The van der Waals surface area contributed by atoms with Crippen LogP contribution in [0.5, 0.6) is 0 Å². The highest BCUT2D eigenvalue weighted by atomic mass is 16.4. The van der Waals surface area contributed by atoms with Crippen molar-refractivity contribution in [3.63, 3.8) is 0 Å². The fourth-order valence-electron chi connectivity index (χ4n) is 3.21. The number of aliphatic hydroxyl groups is 1. The summed E-state index contributed by atoms with van der Waals surface area (Å²) in [7, 11) is 0. The van der Waals surface area contributed by atoms with Crippen molar-refractivity contribution in [1.29, 1.82) is 0 Å². The summed E-state index contributed by atoms with van der Waals surface area (Å²) < 4.78 is 0. The fourth-order valence-corrected chi connectivity index (χ4v) is 3.21. The van der Waals surface area contributed by atoms with Gasteiger partial charge in [0.2, 0.25) is 0 Å². The number of aliphatic carboxylic acids is 1. The molecule has 0 bridgehead atoms. The van der Waals surface area contributed by atoms with Crippen LogP contribution in [0.4, 0.5) is 0 Å². The number of hydrogen-bond acceptors (Lipinski definition) is 3. The minimum atomic E-state index is -1.02. The van der Waals surface area contributed by atoms with Crippen molar-refractivity contribution < 1.29 is 19.8 Å². The summed E-state index contributed by atoms with van der Waals surface area (Å²) in [6.07, 6.45) is 1.19. The van der Waals surface area contributed by atoms with Gasteiger partial charge in [-0.1, -0.05) is 6.92 Å². The van der Waals surface area contributed by atoms with Crippen LogP contribution in [0.15, 0.2) is 0 Å². The molecule has 5 atom stereocenters. The molecule has 0 aromatic heterocycles. The van der Waals surface area contributed by atoms with Crippen molar-refractivity contribution in [3.8, 4) is 0 Å². The summed E-state index contributed by atoms with van der Waals surface area (Å²) in [5.41, 5.74) is 0. The Morgan fingerprint density at radius 3 is 2.67 bits per heavy atom. The topological polar surface area (TPSA) is 74.6 Å². The molecule has 0 aliphatic heterocycles. The van der Waals surface area contributed by atoms with Gasteiger partial charge < -0.3 is 10.2 Å². The Labute approximate surface area is 88.3 Å². The van der Waals surface area contributed by atoms with Crippen molar-refractivity contribution in [2.45, 2.75) is 32.3 Å². The molecule has 0 heterocycles. The first kappa shape index (κ1) is 10.6. The third-order valence-corrected chi connectivity index (χ3v) is 3.98. The van der Waals surface area contributed by atoms with E-state index < -0.39 is 18.0 Å². The Morgan fingerprint density at radius 2 is 2.07 bits per heavy atom. The summed E-state index contributed by atoms with van der Waals surface area (Å²) in [5.74, 6) is -2.07. The SMILES string of the molecule is C[C@H]1CC2C(C(=O)O)C(=O)CCC2[C@H]1O. The molecule has 3 unspecified atom stereocenters. The number of carboxylic acid groups (broad SMARTS) is 1. The highest BCUT2D eigenvalue weighted by molar-refractivity contribution is 5.99. The second kappa shape index (κ2) is 3.59. The third-order valence-electron chi connectivity index (χ3n) is 3.98. The molecule has 4 heteroatoms. The fraction of sp³-hybridized carbons (Fsp3) is 0.818. The molecule has 0 spiro atoms. The molecule has 0 aromatic rings. The minimum Gasteiger partial charge on any atom is -0.481 e. The monoisotopic (exact) mass is 212 g/mol. The van der Waals surface area contributed by atoms with Gasteiger partial charge in [-0.15, -0.1) is 0 Å². The predicted molar refractivity (Wildman–Crippen MR) is 52.1 cm³/mol. The Hall–Kier alpha value is -0.900. The van der Waals surface area contributed by atoms with Crippen LogP contribution in [0, 0.1) is 23.7 Å². The molecule has 2 fully saturated rings. The quantitative estimate of drug-likeness (QED) is 0.627. The number of ketones is 1. The molecule has 15 heavy (non-hydrogen) atoms. The van der Waals surface area contributed by atoms with E-state index in [1.54, 1.807) is 0 Å². The van der Waals surface area contributed by atoms with Crippen LogP contribution in [0.25, 0.3) is 0 Å². The van der Waals surface area contributed by atoms with E-state index in [4.69, 9.17) is 5.11 Å². The van der Waals surface area contributed by atoms with Crippen molar-refractivity contribution >= 4 is 11.8 Å². The van der Waals surface area contributed by atoms with Crippen LogP contribution in [0.2, 0.25) is 0 Å². The summed E-state index contributed by atoms with van der Waals surface area (Å²) in [5, 5.41) is 18.9. The van der Waals surface area contributed by atoms with E-state index in [1.165, 1.54) is 0 Å². The maximum atomic E-state index is 11.5. The number of carboxylic acids is 1. The zero-order valence-electron chi connectivity index (χ0n) is 8.72. The minimum absolute atomic E-state index is 0.0128. The van der Waals surface area contributed by atoms with Crippen LogP contribution >= 0.6 is 0 Å². The van der Waals surface area contributed by atoms with E-state index >= 15 is 0 Å². The van der Waals surface area contributed by atoms with E-state index in [0.717, 1.165) is 0 Å². The number of carbonyl (C=O) groups excluding carboxylic acids is 1. The molecule has 0 aromatic carbocycles. The Bertz CT molecular complexity index is 299. The third kappa shape index (κ3) is 1.57. The Balaban J connectivity index is 2.24. The van der Waals surface area contributed by atoms with Crippen molar-refractivity contribution in [2.24, 2.45) is 23.7 Å². The van der Waals surface area contributed by atoms with Crippen LogP contribution < -0.4 is 0 Å². The zero-order chi connectivity index (χ0) is 11.2. The number of carbonyl (C=O) groups is 2. The number of Topliss-reactive ketones (excluding diaryl/α,β-unsaturated/α-hetero) is 1. The first-order valence-electron chi connectivity index (χ1n) is 5.46. The summed E-state index contributed by atoms with van der Waals surface area (Å²) in [4.78, 5) is 22.5. The van der Waals surface area contributed by atoms with Gasteiger partial charge in [-0.3, -0.25) is 9.59 Å². The lowest BCUT2D eigenvalue weighted by Crippen LogP contribution is -2.39. The lowest BCUT2D eigenvalue weighted by molar-refractivity contribution is -0.151. The van der Waals surface area contributed by atoms with Gasteiger partial charge in [-0.05, 0) is 30.6 Å². The zero-order valence-corrected chi connectivity index (χ0v) is 8.72. The van der Waals surface area contributed by atoms with Gasteiger partial charge in [-0.25, -0.2) is 0 Å². The molecular weight excluding hydrogens is 196 g/mol. The molecule has 2 N–H and O–H groups in total. The molecule has 4 nitrogen and oxygen atoms in total. The van der Waals surface area contributed by atoms with E-state index in [9.17, 15) is 14.7 Å². The first-order valence-corrected chi connectivity index (χ1v) is 5.46. The number of rotatable bonds is 1. The van der Waals surface area contributed by atoms with E-state index in [2.05, 4.69) is 0 Å².